The van der Waals surface area contributed by atoms with Gasteiger partial charge in [-0.05, 0) is 44.7 Å². The first-order chi connectivity index (χ1) is 10.7. The highest BCUT2D eigenvalue weighted by atomic mass is 16.5. The van der Waals surface area contributed by atoms with Crippen molar-refractivity contribution in [3.05, 3.63) is 18.2 Å². The molecule has 0 saturated heterocycles. The quantitative estimate of drug-likeness (QED) is 0.687. The third kappa shape index (κ3) is 2.98. The molecule has 1 atom stereocenters. The Balaban J connectivity index is 1.72. The van der Waals surface area contributed by atoms with Crippen LogP contribution in [0.25, 0.3) is 0 Å². The number of carbonyl (C=O) groups is 1. The third-order valence-electron chi connectivity index (χ3n) is 4.55. The van der Waals surface area contributed by atoms with Crippen molar-refractivity contribution in [2.75, 3.05) is 23.8 Å². The maximum Gasteiger partial charge on any atom is 0.328 e. The van der Waals surface area contributed by atoms with Crippen LogP contribution in [-0.2, 0) is 9.53 Å². The van der Waals surface area contributed by atoms with Gasteiger partial charge in [0.2, 0.25) is 0 Å². The first kappa shape index (κ1) is 15.0. The predicted octanol–water partition coefficient (Wildman–Crippen LogP) is 2.73. The smallest absolute Gasteiger partial charge is 0.328 e. The van der Waals surface area contributed by atoms with E-state index in [0.717, 1.165) is 37.1 Å². The van der Waals surface area contributed by atoms with Crippen LogP contribution in [0.1, 0.15) is 39.0 Å². The van der Waals surface area contributed by atoms with Crippen LogP contribution < -0.4 is 15.4 Å². The molecule has 2 aliphatic rings. The Bertz CT molecular complexity index is 541. The molecule has 0 spiro atoms. The monoisotopic (exact) mass is 304 g/mol. The Morgan fingerprint density at radius 3 is 2.91 bits per heavy atom. The fourth-order valence-corrected chi connectivity index (χ4v) is 3.29. The normalized spacial score (nSPS) is 20.0. The number of nitrogens with two attached hydrogens (primary N) is 1. The van der Waals surface area contributed by atoms with E-state index in [-0.39, 0.29) is 18.1 Å². The van der Waals surface area contributed by atoms with Gasteiger partial charge in [0.1, 0.15) is 30.2 Å². The summed E-state index contributed by atoms with van der Waals surface area (Å²) in [4.78, 5) is 14.5. The van der Waals surface area contributed by atoms with Gasteiger partial charge < -0.3 is 20.1 Å². The zero-order valence-electron chi connectivity index (χ0n) is 13.1. The summed E-state index contributed by atoms with van der Waals surface area (Å²) in [5.74, 6) is 0.576. The molecule has 22 heavy (non-hydrogen) atoms. The standard InChI is InChI=1S/C17H24N2O3/c1-12(17(20)22-13-6-3-2-4-7-13)19-10-11-21-15-9-5-8-14(18)16(15)19/h5,8-9,12-13H,2-4,6-7,10-11,18H2,1H3. The number of hydrogen-bond donors (Lipinski definition) is 1. The van der Waals surface area contributed by atoms with Gasteiger partial charge in [-0.1, -0.05) is 12.5 Å². The molecule has 2 N–H and O–H groups in total. The van der Waals surface area contributed by atoms with E-state index in [0.29, 0.717) is 18.8 Å². The van der Waals surface area contributed by atoms with Crippen LogP contribution in [0.2, 0.25) is 0 Å². The summed E-state index contributed by atoms with van der Waals surface area (Å²) in [6.07, 6.45) is 5.61. The van der Waals surface area contributed by atoms with Crippen molar-refractivity contribution in [3.63, 3.8) is 0 Å². The summed E-state index contributed by atoms with van der Waals surface area (Å²) in [7, 11) is 0. The molecule has 120 valence electrons. The molecule has 1 aliphatic carbocycles. The Hall–Kier alpha value is -1.91. The number of anilines is 2. The van der Waals surface area contributed by atoms with Crippen molar-refractivity contribution < 1.29 is 14.3 Å². The average Bonchev–Trinajstić information content (AvgIpc) is 2.55. The predicted molar refractivity (Wildman–Crippen MR) is 86.1 cm³/mol. The maximum absolute atomic E-state index is 12.5. The van der Waals surface area contributed by atoms with Crippen molar-refractivity contribution in [2.45, 2.75) is 51.2 Å². The van der Waals surface area contributed by atoms with Crippen molar-refractivity contribution >= 4 is 17.3 Å². The number of rotatable bonds is 3. The first-order valence-corrected chi connectivity index (χ1v) is 8.15. The lowest BCUT2D eigenvalue weighted by atomic mass is 9.98. The Labute approximate surface area is 131 Å². The van der Waals surface area contributed by atoms with Crippen LogP contribution in [0, 0.1) is 0 Å². The van der Waals surface area contributed by atoms with Gasteiger partial charge in [-0.2, -0.15) is 0 Å². The molecule has 1 aliphatic heterocycles. The zero-order valence-corrected chi connectivity index (χ0v) is 13.1. The summed E-state index contributed by atoms with van der Waals surface area (Å²) >= 11 is 0. The third-order valence-corrected chi connectivity index (χ3v) is 4.55. The van der Waals surface area contributed by atoms with E-state index in [9.17, 15) is 4.79 Å². The molecule has 1 unspecified atom stereocenters. The molecule has 5 heteroatoms. The number of esters is 1. The Kier molecular flexibility index (Phi) is 4.41. The highest BCUT2D eigenvalue weighted by Gasteiger charge is 2.31. The van der Waals surface area contributed by atoms with E-state index in [4.69, 9.17) is 15.2 Å². The fraction of sp³-hybridized carbons (Fsp3) is 0.588. The van der Waals surface area contributed by atoms with Gasteiger partial charge in [-0.3, -0.25) is 0 Å². The van der Waals surface area contributed by atoms with E-state index in [2.05, 4.69) is 0 Å². The SMILES string of the molecule is CC(C(=O)OC1CCCCC1)N1CCOc2cccc(N)c21. The lowest BCUT2D eigenvalue weighted by Gasteiger charge is -2.36. The summed E-state index contributed by atoms with van der Waals surface area (Å²) in [5.41, 5.74) is 7.52. The number of benzene rings is 1. The maximum atomic E-state index is 12.5. The van der Waals surface area contributed by atoms with Gasteiger partial charge in [0.05, 0.1) is 12.2 Å². The molecular weight excluding hydrogens is 280 g/mol. The highest BCUT2D eigenvalue weighted by Crippen LogP contribution is 2.38. The van der Waals surface area contributed by atoms with Gasteiger partial charge in [0.15, 0.2) is 0 Å². The Morgan fingerprint density at radius 2 is 2.14 bits per heavy atom. The lowest BCUT2D eigenvalue weighted by Crippen LogP contribution is -2.45. The number of nitrogens with zero attached hydrogens (tertiary/aromatic N) is 1. The first-order valence-electron chi connectivity index (χ1n) is 8.15. The second-order valence-corrected chi connectivity index (χ2v) is 6.11. The van der Waals surface area contributed by atoms with E-state index >= 15 is 0 Å². The van der Waals surface area contributed by atoms with Crippen LogP contribution >= 0.6 is 0 Å². The number of carbonyl (C=O) groups excluding carboxylic acids is 1. The largest absolute Gasteiger partial charge is 0.489 e. The fourth-order valence-electron chi connectivity index (χ4n) is 3.29. The van der Waals surface area contributed by atoms with Crippen molar-refractivity contribution in [2.24, 2.45) is 0 Å². The summed E-state index contributed by atoms with van der Waals surface area (Å²) in [5, 5.41) is 0. The second kappa shape index (κ2) is 6.46. The van der Waals surface area contributed by atoms with Gasteiger partial charge in [0, 0.05) is 0 Å². The number of ether oxygens (including phenoxy) is 2. The van der Waals surface area contributed by atoms with Gasteiger partial charge in [-0.15, -0.1) is 0 Å². The molecule has 1 aromatic carbocycles. The summed E-state index contributed by atoms with van der Waals surface area (Å²) in [6.45, 7) is 3.08. The molecule has 5 nitrogen and oxygen atoms in total. The van der Waals surface area contributed by atoms with E-state index in [1.165, 1.54) is 6.42 Å². The summed E-state index contributed by atoms with van der Waals surface area (Å²) in [6, 6.07) is 5.23. The minimum absolute atomic E-state index is 0.0809. The molecule has 1 aromatic rings. The highest BCUT2D eigenvalue weighted by molar-refractivity contribution is 5.85. The van der Waals surface area contributed by atoms with Crippen molar-refractivity contribution in [1.82, 2.24) is 0 Å². The van der Waals surface area contributed by atoms with Crippen LogP contribution in [0.15, 0.2) is 18.2 Å². The molecule has 1 fully saturated rings. The molecule has 0 bridgehead atoms. The van der Waals surface area contributed by atoms with Crippen molar-refractivity contribution in [3.8, 4) is 5.75 Å². The van der Waals surface area contributed by atoms with Gasteiger partial charge in [-0.25, -0.2) is 4.79 Å². The van der Waals surface area contributed by atoms with Crippen LogP contribution in [0.4, 0.5) is 11.4 Å². The average molecular weight is 304 g/mol. The molecule has 3 rings (SSSR count). The zero-order chi connectivity index (χ0) is 15.5. The second-order valence-electron chi connectivity index (χ2n) is 6.11. The topological polar surface area (TPSA) is 64.8 Å². The van der Waals surface area contributed by atoms with E-state index in [1.807, 2.05) is 30.0 Å². The lowest BCUT2D eigenvalue weighted by molar-refractivity contribution is -0.151. The number of para-hydroxylation sites is 1. The minimum atomic E-state index is -0.353. The van der Waals surface area contributed by atoms with Crippen LogP contribution in [0.5, 0.6) is 5.75 Å². The van der Waals surface area contributed by atoms with E-state index < -0.39 is 0 Å². The van der Waals surface area contributed by atoms with Gasteiger partial charge >= 0.3 is 5.97 Å². The van der Waals surface area contributed by atoms with Crippen LogP contribution in [-0.4, -0.2) is 31.3 Å². The number of nitrogen functional groups attached to an aromatic ring is 1. The molecule has 1 heterocycles. The summed E-state index contributed by atoms with van der Waals surface area (Å²) < 4.78 is 11.3. The number of fused-ring (bicyclic) bond motifs is 1. The number of hydrogen-bond acceptors (Lipinski definition) is 5. The Morgan fingerprint density at radius 1 is 1.36 bits per heavy atom. The van der Waals surface area contributed by atoms with E-state index in [1.54, 1.807) is 0 Å². The molecule has 1 saturated carbocycles. The van der Waals surface area contributed by atoms with Crippen molar-refractivity contribution in [1.29, 1.82) is 0 Å². The molecule has 0 aromatic heterocycles. The molecule has 0 amide bonds. The van der Waals surface area contributed by atoms with Crippen LogP contribution in [0.3, 0.4) is 0 Å². The van der Waals surface area contributed by atoms with Gasteiger partial charge in [0.25, 0.3) is 0 Å². The molecular formula is C17H24N2O3. The molecule has 0 radical (unpaired) electrons. The minimum Gasteiger partial charge on any atom is -0.489 e.